The smallest absolute Gasteiger partial charge is 0.253 e. The lowest BCUT2D eigenvalue weighted by atomic mass is 9.88. The molecule has 1 fully saturated rings. The minimum Gasteiger partial charge on any atom is -0.365 e. The van der Waals surface area contributed by atoms with Gasteiger partial charge in [0.15, 0.2) is 0 Å². The molecule has 0 spiro atoms. The van der Waals surface area contributed by atoms with Crippen LogP contribution < -0.4 is 11.1 Å². The van der Waals surface area contributed by atoms with Gasteiger partial charge in [0.05, 0.1) is 6.10 Å². The van der Waals surface area contributed by atoms with E-state index in [1.54, 1.807) is 0 Å². The van der Waals surface area contributed by atoms with Gasteiger partial charge in [-0.3, -0.25) is 4.79 Å². The summed E-state index contributed by atoms with van der Waals surface area (Å²) in [5, 5.41) is 2.92. The number of para-hydroxylation sites is 1. The zero-order chi connectivity index (χ0) is 15.2. The number of carbonyl (C=O) groups is 1. The molecule has 0 saturated heterocycles. The Morgan fingerprint density at radius 2 is 2.10 bits per heavy atom. The number of carbonyl (C=O) groups excluding carboxylic acids is 1. The molecule has 1 aliphatic rings. The van der Waals surface area contributed by atoms with Crippen LogP contribution in [0.3, 0.4) is 0 Å². The first-order valence-electron chi connectivity index (χ1n) is 7.86. The van der Waals surface area contributed by atoms with Crippen molar-refractivity contribution in [1.82, 2.24) is 0 Å². The first kappa shape index (κ1) is 16.0. The number of benzene rings is 1. The molecular weight excluding hydrogens is 264 g/mol. The van der Waals surface area contributed by atoms with Crippen molar-refractivity contribution >= 4 is 11.6 Å². The Morgan fingerprint density at radius 3 is 2.81 bits per heavy atom. The predicted octanol–water partition coefficient (Wildman–Crippen LogP) is 3.07. The van der Waals surface area contributed by atoms with Crippen LogP contribution in [0.1, 0.15) is 45.1 Å². The Kier molecular flexibility index (Phi) is 5.76. The summed E-state index contributed by atoms with van der Waals surface area (Å²) < 4.78 is 5.97. The SMILES string of the molecule is CC(OC1CCCCC1C)C(=O)Nc1ccccc1CN. The maximum Gasteiger partial charge on any atom is 0.253 e. The molecule has 0 bridgehead atoms. The number of anilines is 1. The van der Waals surface area contributed by atoms with Crippen LogP contribution in [-0.2, 0) is 16.1 Å². The lowest BCUT2D eigenvalue weighted by Gasteiger charge is -2.30. The van der Waals surface area contributed by atoms with E-state index in [1.807, 2.05) is 31.2 Å². The lowest BCUT2D eigenvalue weighted by Crippen LogP contribution is -2.35. The number of hydrogen-bond donors (Lipinski definition) is 2. The van der Waals surface area contributed by atoms with Crippen molar-refractivity contribution in [3.8, 4) is 0 Å². The fraction of sp³-hybridized carbons (Fsp3) is 0.588. The molecular formula is C17H26N2O2. The maximum atomic E-state index is 12.3. The standard InChI is InChI=1S/C17H26N2O2/c1-12-7-3-6-10-16(12)21-13(2)17(20)19-15-9-5-4-8-14(15)11-18/h4-5,8-9,12-13,16H,3,6-7,10-11,18H2,1-2H3,(H,19,20). The maximum absolute atomic E-state index is 12.3. The fourth-order valence-corrected chi connectivity index (χ4v) is 2.86. The van der Waals surface area contributed by atoms with Gasteiger partial charge < -0.3 is 15.8 Å². The average molecular weight is 290 g/mol. The lowest BCUT2D eigenvalue weighted by molar-refractivity contribution is -0.133. The summed E-state index contributed by atoms with van der Waals surface area (Å²) in [5.41, 5.74) is 7.40. The third kappa shape index (κ3) is 4.29. The van der Waals surface area contributed by atoms with Crippen LogP contribution in [0.15, 0.2) is 24.3 Å². The van der Waals surface area contributed by atoms with E-state index in [2.05, 4.69) is 12.2 Å². The zero-order valence-electron chi connectivity index (χ0n) is 13.0. The van der Waals surface area contributed by atoms with Gasteiger partial charge in [0.1, 0.15) is 6.10 Å². The highest BCUT2D eigenvalue weighted by molar-refractivity contribution is 5.94. The monoisotopic (exact) mass is 290 g/mol. The molecule has 0 radical (unpaired) electrons. The second-order valence-corrected chi connectivity index (χ2v) is 5.93. The Hall–Kier alpha value is -1.39. The molecule has 1 saturated carbocycles. The summed E-state index contributed by atoms with van der Waals surface area (Å²) in [6.45, 7) is 4.44. The third-order valence-electron chi connectivity index (χ3n) is 4.28. The van der Waals surface area contributed by atoms with Crippen LogP contribution in [0.2, 0.25) is 0 Å². The van der Waals surface area contributed by atoms with Gasteiger partial charge in [-0.15, -0.1) is 0 Å². The quantitative estimate of drug-likeness (QED) is 0.876. The van der Waals surface area contributed by atoms with E-state index >= 15 is 0 Å². The van der Waals surface area contributed by atoms with Gasteiger partial charge >= 0.3 is 0 Å². The minimum absolute atomic E-state index is 0.103. The molecule has 4 nitrogen and oxygen atoms in total. The largest absolute Gasteiger partial charge is 0.365 e. The van der Waals surface area contributed by atoms with E-state index in [4.69, 9.17) is 10.5 Å². The molecule has 0 aliphatic heterocycles. The molecule has 0 heterocycles. The van der Waals surface area contributed by atoms with Gasteiger partial charge in [-0.1, -0.05) is 38.0 Å². The number of amides is 1. The normalized spacial score (nSPS) is 23.6. The topological polar surface area (TPSA) is 64.3 Å². The Balaban J connectivity index is 1.93. The van der Waals surface area contributed by atoms with E-state index in [9.17, 15) is 4.79 Å². The summed E-state index contributed by atoms with van der Waals surface area (Å²) >= 11 is 0. The van der Waals surface area contributed by atoms with E-state index in [1.165, 1.54) is 19.3 Å². The molecule has 1 aromatic rings. The van der Waals surface area contributed by atoms with Gasteiger partial charge in [-0.25, -0.2) is 0 Å². The van der Waals surface area contributed by atoms with Crippen LogP contribution in [0.5, 0.6) is 0 Å². The Morgan fingerprint density at radius 1 is 1.38 bits per heavy atom. The van der Waals surface area contributed by atoms with Crippen molar-refractivity contribution < 1.29 is 9.53 Å². The van der Waals surface area contributed by atoms with E-state index in [-0.39, 0.29) is 12.0 Å². The first-order valence-corrected chi connectivity index (χ1v) is 7.86. The van der Waals surface area contributed by atoms with Crippen molar-refractivity contribution in [3.63, 3.8) is 0 Å². The Labute approximate surface area is 127 Å². The highest BCUT2D eigenvalue weighted by Crippen LogP contribution is 2.27. The van der Waals surface area contributed by atoms with Gasteiger partial charge in [-0.05, 0) is 37.3 Å². The minimum atomic E-state index is -0.443. The van der Waals surface area contributed by atoms with Crippen molar-refractivity contribution in [3.05, 3.63) is 29.8 Å². The fourth-order valence-electron chi connectivity index (χ4n) is 2.86. The highest BCUT2D eigenvalue weighted by atomic mass is 16.5. The van der Waals surface area contributed by atoms with E-state index < -0.39 is 6.10 Å². The summed E-state index contributed by atoms with van der Waals surface area (Å²) in [7, 11) is 0. The first-order chi connectivity index (χ1) is 10.1. The van der Waals surface area contributed by atoms with E-state index in [0.717, 1.165) is 17.7 Å². The van der Waals surface area contributed by atoms with Crippen LogP contribution in [0.4, 0.5) is 5.69 Å². The van der Waals surface area contributed by atoms with Crippen LogP contribution in [0.25, 0.3) is 0 Å². The van der Waals surface area contributed by atoms with Gasteiger partial charge in [0.2, 0.25) is 0 Å². The molecule has 3 N–H and O–H groups in total. The Bertz CT molecular complexity index is 476. The molecule has 116 valence electrons. The van der Waals surface area contributed by atoms with Crippen molar-refractivity contribution in [1.29, 1.82) is 0 Å². The molecule has 21 heavy (non-hydrogen) atoms. The number of ether oxygens (including phenoxy) is 1. The predicted molar refractivity (Wildman–Crippen MR) is 84.9 cm³/mol. The molecule has 1 aromatic carbocycles. The van der Waals surface area contributed by atoms with Crippen molar-refractivity contribution in [2.45, 2.75) is 58.3 Å². The second-order valence-electron chi connectivity index (χ2n) is 5.93. The molecule has 3 atom stereocenters. The van der Waals surface area contributed by atoms with Gasteiger partial charge in [0.25, 0.3) is 5.91 Å². The molecule has 4 heteroatoms. The van der Waals surface area contributed by atoms with Crippen LogP contribution >= 0.6 is 0 Å². The molecule has 1 aliphatic carbocycles. The van der Waals surface area contributed by atoms with Crippen molar-refractivity contribution in [2.24, 2.45) is 11.7 Å². The van der Waals surface area contributed by atoms with E-state index in [0.29, 0.717) is 12.5 Å². The van der Waals surface area contributed by atoms with Crippen molar-refractivity contribution in [2.75, 3.05) is 5.32 Å². The van der Waals surface area contributed by atoms with Crippen LogP contribution in [0, 0.1) is 5.92 Å². The van der Waals surface area contributed by atoms with Gasteiger partial charge in [0, 0.05) is 12.2 Å². The summed E-state index contributed by atoms with van der Waals surface area (Å²) in [6, 6.07) is 7.60. The molecule has 2 rings (SSSR count). The molecule has 0 aromatic heterocycles. The highest BCUT2D eigenvalue weighted by Gasteiger charge is 2.26. The molecule has 1 amide bonds. The second kappa shape index (κ2) is 7.57. The summed E-state index contributed by atoms with van der Waals surface area (Å²) in [6.07, 6.45) is 4.46. The number of rotatable bonds is 5. The average Bonchev–Trinajstić information content (AvgIpc) is 2.50. The van der Waals surface area contributed by atoms with Gasteiger partial charge in [-0.2, -0.15) is 0 Å². The number of nitrogens with two attached hydrogens (primary N) is 1. The molecule has 3 unspecified atom stereocenters. The summed E-state index contributed by atoms with van der Waals surface area (Å²) in [4.78, 5) is 12.3. The number of nitrogens with one attached hydrogen (secondary N) is 1. The zero-order valence-corrected chi connectivity index (χ0v) is 13.0. The third-order valence-corrected chi connectivity index (χ3v) is 4.28. The summed E-state index contributed by atoms with van der Waals surface area (Å²) in [5.74, 6) is 0.430. The van der Waals surface area contributed by atoms with Crippen LogP contribution in [-0.4, -0.2) is 18.1 Å². The number of hydrogen-bond acceptors (Lipinski definition) is 3.